The highest BCUT2D eigenvalue weighted by Crippen LogP contribution is 2.49. The van der Waals surface area contributed by atoms with Crippen LogP contribution in [0, 0.1) is 19.3 Å². The van der Waals surface area contributed by atoms with Crippen molar-refractivity contribution in [2.24, 2.45) is 5.41 Å². The minimum absolute atomic E-state index is 0.0172. The molecule has 0 bridgehead atoms. The van der Waals surface area contributed by atoms with Crippen molar-refractivity contribution in [1.29, 1.82) is 0 Å². The van der Waals surface area contributed by atoms with E-state index < -0.39 is 0 Å². The first-order chi connectivity index (χ1) is 9.48. The normalized spacial score (nSPS) is 25.0. The largest absolute Gasteiger partial charge is 0.396 e. The molecule has 0 spiro atoms. The van der Waals surface area contributed by atoms with Crippen LogP contribution in [0.4, 0.5) is 0 Å². The SMILES string of the molecule is COCCc1c(C)cc2c(c1C)CC(C)(CO)C2OC. The van der Waals surface area contributed by atoms with Gasteiger partial charge in [0.25, 0.3) is 0 Å². The van der Waals surface area contributed by atoms with E-state index in [2.05, 4.69) is 26.8 Å². The van der Waals surface area contributed by atoms with E-state index in [-0.39, 0.29) is 18.1 Å². The molecular formula is C17H26O3. The van der Waals surface area contributed by atoms with Gasteiger partial charge in [-0.1, -0.05) is 13.0 Å². The highest BCUT2D eigenvalue weighted by atomic mass is 16.5. The lowest BCUT2D eigenvalue weighted by molar-refractivity contribution is -0.0234. The zero-order chi connectivity index (χ0) is 14.9. The lowest BCUT2D eigenvalue weighted by Gasteiger charge is -2.28. The molecule has 0 aromatic heterocycles. The fourth-order valence-electron chi connectivity index (χ4n) is 3.58. The quantitative estimate of drug-likeness (QED) is 0.900. The van der Waals surface area contributed by atoms with Crippen molar-refractivity contribution in [2.45, 2.75) is 39.7 Å². The van der Waals surface area contributed by atoms with Crippen molar-refractivity contribution in [1.82, 2.24) is 0 Å². The number of aryl methyl sites for hydroxylation is 1. The van der Waals surface area contributed by atoms with Crippen LogP contribution in [0.3, 0.4) is 0 Å². The minimum atomic E-state index is -0.214. The van der Waals surface area contributed by atoms with Gasteiger partial charge in [-0.2, -0.15) is 0 Å². The average Bonchev–Trinajstić information content (AvgIpc) is 2.71. The third-order valence-electron chi connectivity index (χ3n) is 4.75. The van der Waals surface area contributed by atoms with Gasteiger partial charge >= 0.3 is 0 Å². The van der Waals surface area contributed by atoms with Crippen molar-refractivity contribution in [3.8, 4) is 0 Å². The van der Waals surface area contributed by atoms with E-state index in [0.717, 1.165) is 19.4 Å². The van der Waals surface area contributed by atoms with Crippen molar-refractivity contribution in [3.63, 3.8) is 0 Å². The van der Waals surface area contributed by atoms with E-state index in [0.29, 0.717) is 0 Å². The number of ether oxygens (including phenoxy) is 2. The summed E-state index contributed by atoms with van der Waals surface area (Å²) in [6, 6.07) is 2.24. The molecule has 0 heterocycles. The van der Waals surface area contributed by atoms with Crippen molar-refractivity contribution in [2.75, 3.05) is 27.4 Å². The summed E-state index contributed by atoms with van der Waals surface area (Å²) in [5, 5.41) is 9.77. The molecule has 1 aromatic carbocycles. The van der Waals surface area contributed by atoms with Gasteiger partial charge in [-0.05, 0) is 54.5 Å². The van der Waals surface area contributed by atoms with E-state index in [9.17, 15) is 5.11 Å². The number of aliphatic hydroxyl groups is 1. The molecule has 0 saturated carbocycles. The molecule has 0 fully saturated rings. The second kappa shape index (κ2) is 5.84. The number of methoxy groups -OCH3 is 2. The molecule has 0 saturated heterocycles. The molecule has 0 aliphatic heterocycles. The Morgan fingerprint density at radius 1 is 1.35 bits per heavy atom. The molecular weight excluding hydrogens is 252 g/mol. The third kappa shape index (κ3) is 2.39. The maximum absolute atomic E-state index is 9.77. The number of benzene rings is 1. The van der Waals surface area contributed by atoms with Crippen LogP contribution in [0.25, 0.3) is 0 Å². The summed E-state index contributed by atoms with van der Waals surface area (Å²) in [7, 11) is 3.47. The molecule has 1 aliphatic carbocycles. The number of aliphatic hydroxyl groups excluding tert-OH is 1. The van der Waals surface area contributed by atoms with E-state index >= 15 is 0 Å². The smallest absolute Gasteiger partial charge is 0.0902 e. The molecule has 0 radical (unpaired) electrons. The molecule has 2 rings (SSSR count). The van der Waals surface area contributed by atoms with E-state index in [1.807, 2.05) is 0 Å². The number of hydrogen-bond acceptors (Lipinski definition) is 3. The Hall–Kier alpha value is -0.900. The minimum Gasteiger partial charge on any atom is -0.396 e. The van der Waals surface area contributed by atoms with Gasteiger partial charge in [0.05, 0.1) is 19.3 Å². The zero-order valence-corrected chi connectivity index (χ0v) is 13.2. The molecule has 2 unspecified atom stereocenters. The van der Waals surface area contributed by atoms with Gasteiger partial charge in [0.15, 0.2) is 0 Å². The van der Waals surface area contributed by atoms with Crippen LogP contribution in [0.5, 0.6) is 0 Å². The highest BCUT2D eigenvalue weighted by Gasteiger charge is 2.43. The molecule has 1 aromatic rings. The third-order valence-corrected chi connectivity index (χ3v) is 4.75. The van der Waals surface area contributed by atoms with Gasteiger partial charge < -0.3 is 14.6 Å². The molecule has 1 aliphatic rings. The monoisotopic (exact) mass is 278 g/mol. The summed E-state index contributed by atoms with van der Waals surface area (Å²) in [5.41, 5.74) is 6.40. The molecule has 3 nitrogen and oxygen atoms in total. The van der Waals surface area contributed by atoms with Crippen LogP contribution in [0.1, 0.15) is 40.8 Å². The van der Waals surface area contributed by atoms with Crippen LogP contribution >= 0.6 is 0 Å². The van der Waals surface area contributed by atoms with E-state index in [1.54, 1.807) is 14.2 Å². The molecule has 0 amide bonds. The molecule has 2 atom stereocenters. The van der Waals surface area contributed by atoms with Crippen LogP contribution < -0.4 is 0 Å². The van der Waals surface area contributed by atoms with Gasteiger partial charge in [-0.15, -0.1) is 0 Å². The van der Waals surface area contributed by atoms with Gasteiger partial charge in [0, 0.05) is 19.6 Å². The Bertz CT molecular complexity index is 495. The van der Waals surface area contributed by atoms with E-state index in [1.165, 1.54) is 27.8 Å². The first-order valence-electron chi connectivity index (χ1n) is 7.23. The van der Waals surface area contributed by atoms with Crippen LogP contribution in [-0.4, -0.2) is 32.5 Å². The summed E-state index contributed by atoms with van der Waals surface area (Å²) in [6.45, 7) is 7.33. The topological polar surface area (TPSA) is 38.7 Å². The van der Waals surface area contributed by atoms with Crippen LogP contribution in [0.2, 0.25) is 0 Å². The first-order valence-corrected chi connectivity index (χ1v) is 7.23. The fraction of sp³-hybridized carbons (Fsp3) is 0.647. The summed E-state index contributed by atoms with van der Waals surface area (Å²) >= 11 is 0. The predicted octanol–water partition coefficient (Wildman–Crippen LogP) is 2.73. The van der Waals surface area contributed by atoms with Crippen LogP contribution in [-0.2, 0) is 22.3 Å². The van der Waals surface area contributed by atoms with Crippen molar-refractivity contribution >= 4 is 0 Å². The zero-order valence-electron chi connectivity index (χ0n) is 13.2. The van der Waals surface area contributed by atoms with Gasteiger partial charge in [-0.3, -0.25) is 0 Å². The second-order valence-electron chi connectivity index (χ2n) is 6.21. The number of fused-ring (bicyclic) bond motifs is 1. The summed E-state index contributed by atoms with van der Waals surface area (Å²) in [4.78, 5) is 0. The summed E-state index contributed by atoms with van der Waals surface area (Å²) in [5.74, 6) is 0. The van der Waals surface area contributed by atoms with Crippen molar-refractivity contribution in [3.05, 3.63) is 33.9 Å². The van der Waals surface area contributed by atoms with Gasteiger partial charge in [-0.25, -0.2) is 0 Å². The fourth-order valence-corrected chi connectivity index (χ4v) is 3.58. The Labute approximate surface area is 121 Å². The Morgan fingerprint density at radius 3 is 2.60 bits per heavy atom. The first kappa shape index (κ1) is 15.5. The lowest BCUT2D eigenvalue weighted by Crippen LogP contribution is -2.27. The van der Waals surface area contributed by atoms with E-state index in [4.69, 9.17) is 9.47 Å². The maximum Gasteiger partial charge on any atom is 0.0902 e. The Kier molecular flexibility index (Phi) is 4.52. The average molecular weight is 278 g/mol. The van der Waals surface area contributed by atoms with Gasteiger partial charge in [0.1, 0.15) is 0 Å². The highest BCUT2D eigenvalue weighted by molar-refractivity contribution is 5.50. The standard InChI is InChI=1S/C17H26O3/c1-11-8-14-15(12(2)13(11)6-7-19-4)9-17(3,10-18)16(14)20-5/h8,16,18H,6-7,9-10H2,1-5H3. The summed E-state index contributed by atoms with van der Waals surface area (Å²) < 4.78 is 10.9. The molecule has 3 heteroatoms. The Morgan fingerprint density at radius 2 is 2.05 bits per heavy atom. The van der Waals surface area contributed by atoms with Crippen LogP contribution in [0.15, 0.2) is 6.07 Å². The van der Waals surface area contributed by atoms with Gasteiger partial charge in [0.2, 0.25) is 0 Å². The van der Waals surface area contributed by atoms with Crippen molar-refractivity contribution < 1.29 is 14.6 Å². The molecule has 20 heavy (non-hydrogen) atoms. The maximum atomic E-state index is 9.77. The molecule has 1 N–H and O–H groups in total. The Balaban J connectivity index is 2.48. The molecule has 112 valence electrons. The number of hydrogen-bond donors (Lipinski definition) is 1. The number of rotatable bonds is 5. The summed E-state index contributed by atoms with van der Waals surface area (Å²) in [6.07, 6.45) is 1.80. The second-order valence-corrected chi connectivity index (χ2v) is 6.21. The predicted molar refractivity (Wildman–Crippen MR) is 80.1 cm³/mol. The lowest BCUT2D eigenvalue weighted by atomic mass is 9.85.